The van der Waals surface area contributed by atoms with E-state index in [4.69, 9.17) is 0 Å². The van der Waals surface area contributed by atoms with Crippen molar-refractivity contribution in [2.45, 2.75) is 12.4 Å². The fourth-order valence-electron chi connectivity index (χ4n) is 1.14. The Balaban J connectivity index is 2.94. The van der Waals surface area contributed by atoms with Crippen molar-refractivity contribution in [3.05, 3.63) is 42.0 Å². The maximum atomic E-state index is 12.1. The van der Waals surface area contributed by atoms with Gasteiger partial charge in [0.25, 0.3) is 5.91 Å². The van der Waals surface area contributed by atoms with Gasteiger partial charge in [-0.3, -0.25) is 4.79 Å². The molecule has 8 heteroatoms. The number of hydrogen-bond donors (Lipinski definition) is 1. The summed E-state index contributed by atoms with van der Waals surface area (Å²) in [5.41, 5.74) is -4.33. The lowest BCUT2D eigenvalue weighted by molar-refractivity contribution is -0.0446. The first-order chi connectivity index (χ1) is 8.54. The van der Waals surface area contributed by atoms with Gasteiger partial charge in [0, 0.05) is 5.56 Å². The molecular weight excluding hydrogens is 283 g/mol. The summed E-state index contributed by atoms with van der Waals surface area (Å²) in [5.74, 6) is -1.34. The third-order valence-corrected chi connectivity index (χ3v) is 3.24. The minimum absolute atomic E-state index is 0.196. The van der Waals surface area contributed by atoms with Gasteiger partial charge in [-0.05, 0) is 24.6 Å². The van der Waals surface area contributed by atoms with Crippen LogP contribution in [-0.2, 0) is 10.0 Å². The number of halogens is 3. The number of nitrogens with one attached hydrogen (secondary N) is 1. The van der Waals surface area contributed by atoms with E-state index in [0.717, 1.165) is 4.72 Å². The summed E-state index contributed by atoms with van der Waals surface area (Å²) in [4.78, 5) is 11.4. The average Bonchev–Trinajstić information content (AvgIpc) is 2.27. The van der Waals surface area contributed by atoms with Gasteiger partial charge in [0.05, 0.1) is 0 Å². The number of hydrogen-bond acceptors (Lipinski definition) is 3. The van der Waals surface area contributed by atoms with Gasteiger partial charge in [-0.2, -0.15) is 21.6 Å². The number of rotatable bonds is 3. The Labute approximate surface area is 108 Å². The molecule has 1 N–H and O–H groups in total. The van der Waals surface area contributed by atoms with Crippen LogP contribution in [0.1, 0.15) is 22.8 Å². The molecule has 0 aliphatic heterocycles. The van der Waals surface area contributed by atoms with Crippen LogP contribution < -0.4 is 4.72 Å². The lowest BCUT2D eigenvalue weighted by atomic mass is 10.1. The predicted molar refractivity (Wildman–Crippen MR) is 63.6 cm³/mol. The third kappa shape index (κ3) is 3.57. The van der Waals surface area contributed by atoms with Crippen molar-refractivity contribution in [2.24, 2.45) is 0 Å². The molecule has 1 aromatic rings. The van der Waals surface area contributed by atoms with Crippen LogP contribution in [0, 0.1) is 0 Å². The Kier molecular flexibility index (Phi) is 4.04. The molecule has 1 amide bonds. The molecule has 19 heavy (non-hydrogen) atoms. The smallest absolute Gasteiger partial charge is 0.268 e. The number of benzene rings is 1. The van der Waals surface area contributed by atoms with E-state index >= 15 is 0 Å². The zero-order valence-electron chi connectivity index (χ0n) is 9.78. The summed E-state index contributed by atoms with van der Waals surface area (Å²) in [6, 6.07) is 5.34. The quantitative estimate of drug-likeness (QED) is 0.930. The van der Waals surface area contributed by atoms with Gasteiger partial charge in [-0.15, -0.1) is 0 Å². The largest absolute Gasteiger partial charge is 0.516 e. The van der Waals surface area contributed by atoms with Crippen LogP contribution in [0.3, 0.4) is 0 Å². The Morgan fingerprint density at radius 1 is 1.16 bits per heavy atom. The van der Waals surface area contributed by atoms with Gasteiger partial charge in [0.15, 0.2) is 0 Å². The molecule has 104 valence electrons. The summed E-state index contributed by atoms with van der Waals surface area (Å²) in [7, 11) is -5.69. The zero-order chi connectivity index (χ0) is 14.8. The molecule has 0 unspecified atom stereocenters. The van der Waals surface area contributed by atoms with E-state index in [1.54, 1.807) is 6.92 Å². The van der Waals surface area contributed by atoms with Crippen molar-refractivity contribution in [1.29, 1.82) is 0 Å². The van der Waals surface area contributed by atoms with Gasteiger partial charge >= 0.3 is 15.5 Å². The Bertz CT molecular complexity index is 603. The highest BCUT2D eigenvalue weighted by molar-refractivity contribution is 7.90. The first kappa shape index (κ1) is 15.2. The number of sulfonamides is 1. The SMILES string of the molecule is C=C(C)c1ccc(C(=O)NS(=O)(=O)C(F)(F)F)cc1. The number of alkyl halides is 3. The molecule has 0 saturated carbocycles. The lowest BCUT2D eigenvalue weighted by Crippen LogP contribution is -2.40. The van der Waals surface area contributed by atoms with Crippen molar-refractivity contribution in [2.75, 3.05) is 0 Å². The first-order valence-electron chi connectivity index (χ1n) is 4.94. The molecule has 0 aliphatic carbocycles. The summed E-state index contributed by atoms with van der Waals surface area (Å²) in [6.45, 7) is 5.36. The van der Waals surface area contributed by atoms with Crippen molar-refractivity contribution in [3.63, 3.8) is 0 Å². The summed E-state index contributed by atoms with van der Waals surface area (Å²) < 4.78 is 58.6. The molecule has 0 aliphatic rings. The minimum Gasteiger partial charge on any atom is -0.268 e. The van der Waals surface area contributed by atoms with Crippen molar-refractivity contribution >= 4 is 21.5 Å². The highest BCUT2D eigenvalue weighted by Gasteiger charge is 2.47. The fourth-order valence-corrected chi connectivity index (χ4v) is 1.62. The molecule has 0 spiro atoms. The Hall–Kier alpha value is -1.83. The molecule has 4 nitrogen and oxygen atoms in total. The second-order valence-electron chi connectivity index (χ2n) is 3.74. The van der Waals surface area contributed by atoms with Gasteiger partial charge < -0.3 is 0 Å². The van der Waals surface area contributed by atoms with Crippen LogP contribution in [0.4, 0.5) is 13.2 Å². The summed E-state index contributed by atoms with van der Waals surface area (Å²) >= 11 is 0. The second kappa shape index (κ2) is 5.04. The van der Waals surface area contributed by atoms with Crippen LogP contribution >= 0.6 is 0 Å². The molecule has 1 rings (SSSR count). The molecule has 0 atom stereocenters. The van der Waals surface area contributed by atoms with E-state index in [2.05, 4.69) is 6.58 Å². The van der Waals surface area contributed by atoms with Gasteiger partial charge in [-0.1, -0.05) is 24.3 Å². The molecular formula is C11H10F3NO3S. The molecule has 0 aromatic heterocycles. The van der Waals surface area contributed by atoms with Crippen molar-refractivity contribution < 1.29 is 26.4 Å². The van der Waals surface area contributed by atoms with Gasteiger partial charge in [0.2, 0.25) is 0 Å². The number of allylic oxidation sites excluding steroid dienone is 1. The van der Waals surface area contributed by atoms with Gasteiger partial charge in [0.1, 0.15) is 0 Å². The molecule has 0 radical (unpaired) electrons. The number of carbonyl (C=O) groups is 1. The van der Waals surface area contributed by atoms with Gasteiger partial charge in [-0.25, -0.2) is 4.72 Å². The van der Waals surface area contributed by atoms with E-state index in [9.17, 15) is 26.4 Å². The average molecular weight is 293 g/mol. The van der Waals surface area contributed by atoms with Crippen LogP contribution in [0.25, 0.3) is 5.57 Å². The third-order valence-electron chi connectivity index (χ3n) is 2.17. The van der Waals surface area contributed by atoms with E-state index in [1.165, 1.54) is 24.3 Å². The topological polar surface area (TPSA) is 63.2 Å². The van der Waals surface area contributed by atoms with Crippen LogP contribution in [0.2, 0.25) is 0 Å². The van der Waals surface area contributed by atoms with Crippen LogP contribution in [0.5, 0.6) is 0 Å². The summed E-state index contributed by atoms with van der Waals surface area (Å²) in [6.07, 6.45) is 0. The predicted octanol–water partition coefficient (Wildman–Crippen LogP) is 2.30. The Morgan fingerprint density at radius 3 is 1.95 bits per heavy atom. The molecule has 0 heterocycles. The highest BCUT2D eigenvalue weighted by atomic mass is 32.2. The fraction of sp³-hybridized carbons (Fsp3) is 0.182. The molecule has 0 bridgehead atoms. The molecule has 0 saturated heterocycles. The highest BCUT2D eigenvalue weighted by Crippen LogP contribution is 2.22. The molecule has 1 aromatic carbocycles. The van der Waals surface area contributed by atoms with Crippen LogP contribution in [-0.4, -0.2) is 19.8 Å². The second-order valence-corrected chi connectivity index (χ2v) is 5.41. The van der Waals surface area contributed by atoms with E-state index in [-0.39, 0.29) is 5.56 Å². The number of carbonyl (C=O) groups excluding carboxylic acids is 1. The van der Waals surface area contributed by atoms with Crippen molar-refractivity contribution in [1.82, 2.24) is 4.72 Å². The van der Waals surface area contributed by atoms with E-state index < -0.39 is 21.4 Å². The van der Waals surface area contributed by atoms with Crippen LogP contribution in [0.15, 0.2) is 30.8 Å². The van der Waals surface area contributed by atoms with Crippen molar-refractivity contribution in [3.8, 4) is 0 Å². The monoisotopic (exact) mass is 293 g/mol. The Morgan fingerprint density at radius 2 is 1.58 bits per heavy atom. The maximum absolute atomic E-state index is 12.1. The van der Waals surface area contributed by atoms with E-state index in [1.807, 2.05) is 0 Å². The normalized spacial score (nSPS) is 12.0. The maximum Gasteiger partial charge on any atom is 0.516 e. The number of amides is 1. The zero-order valence-corrected chi connectivity index (χ0v) is 10.6. The van der Waals surface area contributed by atoms with E-state index in [0.29, 0.717) is 11.1 Å². The summed E-state index contributed by atoms with van der Waals surface area (Å²) in [5, 5.41) is 0. The standard InChI is InChI=1S/C11H10F3NO3S/c1-7(2)8-3-5-9(6-4-8)10(16)15-19(17,18)11(12,13)14/h3-6H,1H2,2H3,(H,15,16). The minimum atomic E-state index is -5.69. The lowest BCUT2D eigenvalue weighted by Gasteiger charge is -2.09. The molecule has 0 fully saturated rings. The first-order valence-corrected chi connectivity index (χ1v) is 6.42.